The number of nitrogens with one attached hydrogen (secondary N) is 1. The van der Waals surface area contributed by atoms with Gasteiger partial charge in [-0.15, -0.1) is 12.4 Å². The van der Waals surface area contributed by atoms with Gasteiger partial charge in [0, 0.05) is 24.8 Å². The number of aromatic nitrogens is 1. The van der Waals surface area contributed by atoms with Crippen molar-refractivity contribution >= 4 is 18.3 Å². The van der Waals surface area contributed by atoms with Crippen LogP contribution in [0.4, 0.5) is 0 Å². The lowest BCUT2D eigenvalue weighted by Crippen LogP contribution is -2.26. The first-order valence-corrected chi connectivity index (χ1v) is 6.79. The van der Waals surface area contributed by atoms with E-state index in [4.69, 9.17) is 10.5 Å². The van der Waals surface area contributed by atoms with Gasteiger partial charge in [0.1, 0.15) is 5.75 Å². The van der Waals surface area contributed by atoms with Crippen LogP contribution in [0.15, 0.2) is 42.6 Å². The molecular formula is C16H20ClN3O2. The van der Waals surface area contributed by atoms with Crippen LogP contribution < -0.4 is 15.8 Å². The summed E-state index contributed by atoms with van der Waals surface area (Å²) in [5, 5.41) is 2.89. The molecule has 2 rings (SSSR count). The first kappa shape index (κ1) is 17.9. The quantitative estimate of drug-likeness (QED) is 0.852. The minimum atomic E-state index is -0.116. The molecule has 0 aliphatic heterocycles. The Balaban J connectivity index is 0.00000242. The van der Waals surface area contributed by atoms with E-state index in [2.05, 4.69) is 10.3 Å². The van der Waals surface area contributed by atoms with Gasteiger partial charge in [-0.3, -0.25) is 9.78 Å². The van der Waals surface area contributed by atoms with Crippen molar-refractivity contribution in [1.82, 2.24) is 10.3 Å². The van der Waals surface area contributed by atoms with Gasteiger partial charge >= 0.3 is 0 Å². The molecule has 0 spiro atoms. The highest BCUT2D eigenvalue weighted by atomic mass is 35.5. The molecule has 0 fully saturated rings. The molecule has 1 aromatic carbocycles. The first-order valence-electron chi connectivity index (χ1n) is 6.79. The van der Waals surface area contributed by atoms with Crippen LogP contribution in [0.1, 0.15) is 21.6 Å². The molecule has 6 heteroatoms. The van der Waals surface area contributed by atoms with Gasteiger partial charge in [-0.25, -0.2) is 0 Å². The Morgan fingerprint density at radius 1 is 1.32 bits per heavy atom. The number of benzene rings is 1. The minimum Gasteiger partial charge on any atom is -0.497 e. The molecule has 0 radical (unpaired) electrons. The van der Waals surface area contributed by atoms with Crippen LogP contribution in [0, 0.1) is 0 Å². The Hall–Kier alpha value is -2.11. The number of amides is 1. The number of nitrogens with zero attached hydrogens (tertiary/aromatic N) is 1. The predicted molar refractivity (Wildman–Crippen MR) is 88.4 cm³/mol. The molecular weight excluding hydrogens is 302 g/mol. The number of hydrogen-bond donors (Lipinski definition) is 2. The molecule has 0 atom stereocenters. The van der Waals surface area contributed by atoms with Crippen molar-refractivity contribution in [2.75, 3.05) is 13.7 Å². The number of pyridine rings is 1. The Morgan fingerprint density at radius 3 is 2.86 bits per heavy atom. The van der Waals surface area contributed by atoms with Crippen molar-refractivity contribution in [1.29, 1.82) is 0 Å². The van der Waals surface area contributed by atoms with Crippen molar-refractivity contribution in [3.05, 3.63) is 59.4 Å². The monoisotopic (exact) mass is 321 g/mol. The molecule has 1 heterocycles. The summed E-state index contributed by atoms with van der Waals surface area (Å²) in [7, 11) is 1.64. The largest absolute Gasteiger partial charge is 0.497 e. The maximum Gasteiger partial charge on any atom is 0.251 e. The number of methoxy groups -OCH3 is 1. The molecule has 0 aliphatic carbocycles. The molecule has 3 N–H and O–H groups in total. The molecule has 0 bridgehead atoms. The van der Waals surface area contributed by atoms with Crippen molar-refractivity contribution in [3.8, 4) is 5.75 Å². The SMILES string of the molecule is COc1cccc(CCNC(=O)c2ccnc(CN)c2)c1.Cl. The molecule has 22 heavy (non-hydrogen) atoms. The first-order chi connectivity index (χ1) is 10.2. The molecule has 1 amide bonds. The number of halogens is 1. The van der Waals surface area contributed by atoms with Gasteiger partial charge in [-0.05, 0) is 36.2 Å². The maximum absolute atomic E-state index is 12.0. The van der Waals surface area contributed by atoms with Crippen molar-refractivity contribution in [2.24, 2.45) is 5.73 Å². The van der Waals surface area contributed by atoms with E-state index in [9.17, 15) is 4.79 Å². The summed E-state index contributed by atoms with van der Waals surface area (Å²) in [5.41, 5.74) is 7.92. The second kappa shape index (κ2) is 9.02. The zero-order valence-corrected chi connectivity index (χ0v) is 13.2. The molecule has 0 unspecified atom stereocenters. The molecule has 2 aromatic rings. The van der Waals surface area contributed by atoms with E-state index in [0.717, 1.165) is 17.7 Å². The molecule has 0 saturated heterocycles. The van der Waals surface area contributed by atoms with Gasteiger partial charge < -0.3 is 15.8 Å². The topological polar surface area (TPSA) is 77.2 Å². The summed E-state index contributed by atoms with van der Waals surface area (Å²) in [6.45, 7) is 0.886. The van der Waals surface area contributed by atoms with Crippen molar-refractivity contribution < 1.29 is 9.53 Å². The van der Waals surface area contributed by atoms with Crippen LogP contribution in [0.2, 0.25) is 0 Å². The minimum absolute atomic E-state index is 0. The van der Waals surface area contributed by atoms with Crippen LogP contribution in [-0.4, -0.2) is 24.5 Å². The second-order valence-electron chi connectivity index (χ2n) is 4.60. The molecule has 1 aromatic heterocycles. The highest BCUT2D eigenvalue weighted by Gasteiger charge is 2.06. The van der Waals surface area contributed by atoms with Crippen LogP contribution in [0.3, 0.4) is 0 Å². The van der Waals surface area contributed by atoms with E-state index in [-0.39, 0.29) is 18.3 Å². The summed E-state index contributed by atoms with van der Waals surface area (Å²) in [5.74, 6) is 0.704. The fourth-order valence-electron chi connectivity index (χ4n) is 1.98. The van der Waals surface area contributed by atoms with E-state index < -0.39 is 0 Å². The van der Waals surface area contributed by atoms with E-state index in [1.807, 2.05) is 24.3 Å². The zero-order chi connectivity index (χ0) is 15.1. The third kappa shape index (κ3) is 5.02. The lowest BCUT2D eigenvalue weighted by molar-refractivity contribution is 0.0954. The van der Waals surface area contributed by atoms with Crippen LogP contribution in [0.5, 0.6) is 5.75 Å². The Morgan fingerprint density at radius 2 is 2.14 bits per heavy atom. The Labute approximate surface area is 136 Å². The van der Waals surface area contributed by atoms with Gasteiger partial charge in [-0.2, -0.15) is 0 Å². The fourth-order valence-corrected chi connectivity index (χ4v) is 1.98. The van der Waals surface area contributed by atoms with Gasteiger partial charge in [0.05, 0.1) is 12.8 Å². The van der Waals surface area contributed by atoms with E-state index in [1.165, 1.54) is 0 Å². The lowest BCUT2D eigenvalue weighted by Gasteiger charge is -2.07. The second-order valence-corrected chi connectivity index (χ2v) is 4.60. The van der Waals surface area contributed by atoms with E-state index in [1.54, 1.807) is 25.4 Å². The van der Waals surface area contributed by atoms with Crippen LogP contribution in [-0.2, 0) is 13.0 Å². The Kier molecular flexibility index (Phi) is 7.36. The number of ether oxygens (including phenoxy) is 1. The summed E-state index contributed by atoms with van der Waals surface area (Å²) in [6, 6.07) is 11.2. The van der Waals surface area contributed by atoms with Crippen LogP contribution in [0.25, 0.3) is 0 Å². The Bertz CT molecular complexity index is 620. The average molecular weight is 322 g/mol. The summed E-state index contributed by atoms with van der Waals surface area (Å²) in [6.07, 6.45) is 2.34. The number of hydrogen-bond acceptors (Lipinski definition) is 4. The summed E-state index contributed by atoms with van der Waals surface area (Å²) >= 11 is 0. The van der Waals surface area contributed by atoms with Crippen LogP contribution >= 0.6 is 12.4 Å². The molecule has 0 saturated carbocycles. The van der Waals surface area contributed by atoms with E-state index >= 15 is 0 Å². The number of carbonyl (C=O) groups excluding carboxylic acids is 1. The smallest absolute Gasteiger partial charge is 0.251 e. The summed E-state index contributed by atoms with van der Waals surface area (Å²) < 4.78 is 5.17. The third-order valence-electron chi connectivity index (χ3n) is 3.12. The summed E-state index contributed by atoms with van der Waals surface area (Å²) in [4.78, 5) is 16.1. The van der Waals surface area contributed by atoms with Crippen molar-refractivity contribution in [2.45, 2.75) is 13.0 Å². The molecule has 0 aliphatic rings. The molecule has 5 nitrogen and oxygen atoms in total. The highest BCUT2D eigenvalue weighted by molar-refractivity contribution is 5.94. The highest BCUT2D eigenvalue weighted by Crippen LogP contribution is 2.12. The van der Waals surface area contributed by atoms with Gasteiger partial charge in [-0.1, -0.05) is 12.1 Å². The number of carbonyl (C=O) groups is 1. The lowest BCUT2D eigenvalue weighted by atomic mass is 10.1. The fraction of sp³-hybridized carbons (Fsp3) is 0.250. The maximum atomic E-state index is 12.0. The van der Waals surface area contributed by atoms with Gasteiger partial charge in [0.25, 0.3) is 5.91 Å². The normalized spacial score (nSPS) is 9.73. The standard InChI is InChI=1S/C16H19N3O2.ClH/c1-21-15-4-2-3-12(9-15)5-7-19-16(20)13-6-8-18-14(10-13)11-17;/h2-4,6,8-10H,5,7,11,17H2,1H3,(H,19,20);1H. The average Bonchev–Trinajstić information content (AvgIpc) is 2.55. The number of rotatable bonds is 6. The van der Waals surface area contributed by atoms with Gasteiger partial charge in [0.15, 0.2) is 0 Å². The van der Waals surface area contributed by atoms with Crippen molar-refractivity contribution in [3.63, 3.8) is 0 Å². The number of nitrogens with two attached hydrogens (primary N) is 1. The molecule has 118 valence electrons. The predicted octanol–water partition coefficient (Wildman–Crippen LogP) is 1.94. The van der Waals surface area contributed by atoms with E-state index in [0.29, 0.717) is 24.3 Å². The van der Waals surface area contributed by atoms with Gasteiger partial charge in [0.2, 0.25) is 0 Å². The zero-order valence-electron chi connectivity index (χ0n) is 12.4. The third-order valence-corrected chi connectivity index (χ3v) is 3.12.